The first-order valence-corrected chi connectivity index (χ1v) is 9.07. The molecular formula is C17H13F3N2O4S. The van der Waals surface area contributed by atoms with Crippen LogP contribution in [0.25, 0.3) is 22.6 Å². The Morgan fingerprint density at radius 1 is 1.00 bits per heavy atom. The molecule has 0 unspecified atom stereocenters. The summed E-state index contributed by atoms with van der Waals surface area (Å²) in [6.45, 7) is -1.55. The highest BCUT2D eigenvalue weighted by Crippen LogP contribution is 2.35. The van der Waals surface area contributed by atoms with E-state index in [0.29, 0.717) is 11.1 Å². The van der Waals surface area contributed by atoms with E-state index in [0.717, 1.165) is 0 Å². The number of halogens is 3. The lowest BCUT2D eigenvalue weighted by molar-refractivity contribution is -0.156. The second-order valence-electron chi connectivity index (χ2n) is 5.50. The van der Waals surface area contributed by atoms with Gasteiger partial charge in [0.2, 0.25) is 10.0 Å². The van der Waals surface area contributed by atoms with E-state index >= 15 is 0 Å². The van der Waals surface area contributed by atoms with Crippen LogP contribution in [0.3, 0.4) is 0 Å². The summed E-state index contributed by atoms with van der Waals surface area (Å²) in [6.07, 6.45) is -5.09. The summed E-state index contributed by atoms with van der Waals surface area (Å²) in [6, 6.07) is 14.0. The second-order valence-corrected chi connectivity index (χ2v) is 7.06. The van der Waals surface area contributed by atoms with Crippen molar-refractivity contribution >= 4 is 10.0 Å². The molecule has 2 N–H and O–H groups in total. The van der Waals surface area contributed by atoms with Gasteiger partial charge in [0.15, 0.2) is 12.4 Å². The van der Waals surface area contributed by atoms with Gasteiger partial charge in [-0.3, -0.25) is 0 Å². The molecule has 1 heterocycles. The number of hydrogen-bond acceptors (Lipinski definition) is 5. The third-order valence-corrected chi connectivity index (χ3v) is 4.39. The molecule has 0 bridgehead atoms. The van der Waals surface area contributed by atoms with Crippen molar-refractivity contribution in [3.05, 3.63) is 54.6 Å². The van der Waals surface area contributed by atoms with E-state index in [2.05, 4.69) is 9.72 Å². The zero-order valence-corrected chi connectivity index (χ0v) is 14.4. The van der Waals surface area contributed by atoms with Crippen LogP contribution in [0.5, 0.6) is 6.08 Å². The molecular weight excluding hydrogens is 385 g/mol. The Kier molecular flexibility index (Phi) is 4.94. The minimum absolute atomic E-state index is 0.111. The number of alkyl halides is 3. The molecule has 0 saturated carbocycles. The van der Waals surface area contributed by atoms with Gasteiger partial charge < -0.3 is 9.15 Å². The molecule has 0 aliphatic rings. The first-order chi connectivity index (χ1) is 12.6. The van der Waals surface area contributed by atoms with Crippen molar-refractivity contribution in [2.75, 3.05) is 6.61 Å². The van der Waals surface area contributed by atoms with Crippen molar-refractivity contribution in [3.8, 4) is 28.7 Å². The minimum Gasteiger partial charge on any atom is -0.441 e. The van der Waals surface area contributed by atoms with Crippen molar-refractivity contribution < 1.29 is 30.7 Å². The largest absolute Gasteiger partial charge is 0.441 e. The number of rotatable bonds is 5. The van der Waals surface area contributed by atoms with Crippen LogP contribution in [-0.4, -0.2) is 26.2 Å². The van der Waals surface area contributed by atoms with E-state index in [-0.39, 0.29) is 16.3 Å². The summed E-state index contributed by atoms with van der Waals surface area (Å²) in [5.74, 6) is 0.138. The van der Waals surface area contributed by atoms with E-state index in [4.69, 9.17) is 9.56 Å². The number of primary sulfonamides is 1. The summed E-state index contributed by atoms with van der Waals surface area (Å²) in [5, 5.41) is 5.06. The number of ether oxygens (including phenoxy) is 1. The summed E-state index contributed by atoms with van der Waals surface area (Å²) >= 11 is 0. The molecule has 3 aromatic rings. The lowest BCUT2D eigenvalue weighted by Gasteiger charge is -2.04. The Labute approximate surface area is 152 Å². The summed E-state index contributed by atoms with van der Waals surface area (Å²) in [5.41, 5.74) is 1.25. The van der Waals surface area contributed by atoms with Gasteiger partial charge in [-0.25, -0.2) is 13.6 Å². The first kappa shape index (κ1) is 18.9. The van der Waals surface area contributed by atoms with Crippen LogP contribution in [0.1, 0.15) is 0 Å². The molecule has 0 fully saturated rings. The van der Waals surface area contributed by atoms with E-state index in [1.54, 1.807) is 30.3 Å². The van der Waals surface area contributed by atoms with Crippen molar-refractivity contribution in [2.45, 2.75) is 11.1 Å². The molecule has 1 aromatic heterocycles. The maximum atomic E-state index is 12.4. The van der Waals surface area contributed by atoms with Crippen molar-refractivity contribution in [1.82, 2.24) is 4.98 Å². The van der Waals surface area contributed by atoms with Crippen LogP contribution in [0, 0.1) is 0 Å². The summed E-state index contributed by atoms with van der Waals surface area (Å²) in [7, 11) is -3.88. The number of benzene rings is 2. The number of aromatic nitrogens is 1. The van der Waals surface area contributed by atoms with E-state index in [1.165, 1.54) is 24.3 Å². The fourth-order valence-corrected chi connectivity index (χ4v) is 2.80. The van der Waals surface area contributed by atoms with Gasteiger partial charge in [0, 0.05) is 11.1 Å². The van der Waals surface area contributed by atoms with Crippen LogP contribution in [0.15, 0.2) is 63.9 Å². The van der Waals surface area contributed by atoms with Crippen molar-refractivity contribution in [1.29, 1.82) is 0 Å². The van der Waals surface area contributed by atoms with Gasteiger partial charge in [0.25, 0.3) is 0 Å². The van der Waals surface area contributed by atoms with Crippen LogP contribution in [0.2, 0.25) is 0 Å². The number of nitrogens with zero attached hydrogens (tertiary/aromatic N) is 1. The van der Waals surface area contributed by atoms with Crippen molar-refractivity contribution in [3.63, 3.8) is 0 Å². The van der Waals surface area contributed by atoms with Crippen LogP contribution >= 0.6 is 0 Å². The van der Waals surface area contributed by atoms with Crippen LogP contribution in [-0.2, 0) is 10.0 Å². The predicted molar refractivity (Wildman–Crippen MR) is 90.3 cm³/mol. The molecule has 2 aromatic carbocycles. The Hall–Kier alpha value is -2.85. The lowest BCUT2D eigenvalue weighted by Crippen LogP contribution is -2.19. The number of hydrogen-bond donors (Lipinski definition) is 1. The standard InChI is InChI=1S/C17H13F3N2O4S/c18-17(19,20)10-25-16-22-14(11-4-2-1-3-5-11)15(26-16)12-6-8-13(9-7-12)27(21,23)24/h1-9H,10H2,(H2,21,23,24). The smallest absolute Gasteiger partial charge is 0.422 e. The molecule has 0 saturated heterocycles. The van der Waals surface area contributed by atoms with Gasteiger partial charge in [-0.05, 0) is 24.3 Å². The van der Waals surface area contributed by atoms with Gasteiger partial charge >= 0.3 is 12.3 Å². The van der Waals surface area contributed by atoms with Gasteiger partial charge in [0.1, 0.15) is 5.69 Å². The highest BCUT2D eigenvalue weighted by Gasteiger charge is 2.30. The topological polar surface area (TPSA) is 95.4 Å². The molecule has 10 heteroatoms. The fourth-order valence-electron chi connectivity index (χ4n) is 2.29. The zero-order valence-electron chi connectivity index (χ0n) is 13.6. The van der Waals surface area contributed by atoms with Gasteiger partial charge in [0.05, 0.1) is 4.90 Å². The average molecular weight is 398 g/mol. The molecule has 0 radical (unpaired) electrons. The molecule has 27 heavy (non-hydrogen) atoms. The SMILES string of the molecule is NS(=O)(=O)c1ccc(-c2oc(OCC(F)(F)F)nc2-c2ccccc2)cc1. The number of oxazole rings is 1. The molecule has 3 rings (SSSR count). The molecule has 0 amide bonds. The van der Waals surface area contributed by atoms with Crippen LogP contribution in [0.4, 0.5) is 13.2 Å². The zero-order chi connectivity index (χ0) is 19.7. The molecule has 142 valence electrons. The second kappa shape index (κ2) is 7.05. The first-order valence-electron chi connectivity index (χ1n) is 7.52. The molecule has 0 atom stereocenters. The quantitative estimate of drug-likeness (QED) is 0.709. The number of nitrogens with two attached hydrogens (primary N) is 1. The highest BCUT2D eigenvalue weighted by molar-refractivity contribution is 7.89. The molecule has 6 nitrogen and oxygen atoms in total. The Morgan fingerprint density at radius 3 is 2.19 bits per heavy atom. The predicted octanol–water partition coefficient (Wildman–Crippen LogP) is 3.60. The maximum absolute atomic E-state index is 12.4. The third kappa shape index (κ3) is 4.66. The van der Waals surface area contributed by atoms with E-state index in [1.807, 2.05) is 0 Å². The van der Waals surface area contributed by atoms with Gasteiger partial charge in [-0.1, -0.05) is 30.3 Å². The van der Waals surface area contributed by atoms with Gasteiger partial charge in [-0.2, -0.15) is 18.2 Å². The Bertz CT molecular complexity index is 1030. The lowest BCUT2D eigenvalue weighted by atomic mass is 10.1. The Morgan fingerprint density at radius 2 is 1.63 bits per heavy atom. The maximum Gasteiger partial charge on any atom is 0.422 e. The average Bonchev–Trinajstić information content (AvgIpc) is 3.04. The monoisotopic (exact) mass is 398 g/mol. The minimum atomic E-state index is -4.54. The van der Waals surface area contributed by atoms with E-state index in [9.17, 15) is 21.6 Å². The summed E-state index contributed by atoms with van der Waals surface area (Å²) < 4.78 is 69.9. The van der Waals surface area contributed by atoms with Crippen molar-refractivity contribution in [2.24, 2.45) is 5.14 Å². The molecule has 0 spiro atoms. The normalized spacial score (nSPS) is 12.1. The number of sulfonamides is 1. The molecule has 0 aliphatic heterocycles. The fraction of sp³-hybridized carbons (Fsp3) is 0.118. The summed E-state index contributed by atoms with van der Waals surface area (Å²) in [4.78, 5) is 3.89. The third-order valence-electron chi connectivity index (χ3n) is 3.46. The van der Waals surface area contributed by atoms with E-state index < -0.39 is 28.9 Å². The Balaban J connectivity index is 2.03. The van der Waals surface area contributed by atoms with Crippen LogP contribution < -0.4 is 9.88 Å². The molecule has 0 aliphatic carbocycles. The van der Waals surface area contributed by atoms with Gasteiger partial charge in [-0.15, -0.1) is 0 Å². The highest BCUT2D eigenvalue weighted by atomic mass is 32.2.